The molecule has 0 radical (unpaired) electrons. The van der Waals surface area contributed by atoms with Gasteiger partial charge in [0.25, 0.3) is 0 Å². The van der Waals surface area contributed by atoms with Crippen LogP contribution >= 0.6 is 22.6 Å². The number of benzene rings is 2. The Morgan fingerprint density at radius 1 is 0.769 bits per heavy atom. The van der Waals surface area contributed by atoms with Crippen LogP contribution in [0.1, 0.15) is 24.8 Å². The van der Waals surface area contributed by atoms with Crippen LogP contribution < -0.4 is 0 Å². The summed E-state index contributed by atoms with van der Waals surface area (Å²) < 4.78 is 1.26. The van der Waals surface area contributed by atoms with Gasteiger partial charge in [-0.1, -0.05) is 55.7 Å². The van der Waals surface area contributed by atoms with Gasteiger partial charge in [-0.15, -0.1) is 11.5 Å². The molecule has 0 aliphatic heterocycles. The number of hydrogen-bond acceptors (Lipinski definition) is 0. The fourth-order valence-corrected chi connectivity index (χ4v) is 4.97. The van der Waals surface area contributed by atoms with Crippen molar-refractivity contribution in [2.45, 2.75) is 38.9 Å². The van der Waals surface area contributed by atoms with Crippen LogP contribution in [0.25, 0.3) is 11.1 Å². The lowest BCUT2D eigenvalue weighted by atomic mass is 9.36. The third-order valence-electron chi connectivity index (χ3n) is 5.27. The summed E-state index contributed by atoms with van der Waals surface area (Å²) in [6, 6.07) is 17.3. The number of hydrogen-bond donors (Lipinski definition) is 0. The van der Waals surface area contributed by atoms with E-state index in [0.717, 1.165) is 5.56 Å². The normalized spacial score (nSPS) is 25.7. The molecular formula is C24H23ISi. The second kappa shape index (κ2) is 6.29. The molecule has 0 unspecified atom stereocenters. The molecule has 2 heteroatoms. The topological polar surface area (TPSA) is 0 Å². The molecule has 2 aromatic carbocycles. The highest BCUT2D eigenvalue weighted by Gasteiger charge is 2.66. The van der Waals surface area contributed by atoms with Crippen molar-refractivity contribution in [3.05, 3.63) is 57.7 Å². The van der Waals surface area contributed by atoms with E-state index in [9.17, 15) is 0 Å². The predicted octanol–water partition coefficient (Wildman–Crippen LogP) is 6.36. The molecule has 26 heavy (non-hydrogen) atoms. The Bertz CT molecular complexity index is 934. The van der Waals surface area contributed by atoms with Crippen LogP contribution in [-0.2, 0) is 0 Å². The maximum Gasteiger partial charge on any atom is 0.129 e. The summed E-state index contributed by atoms with van der Waals surface area (Å²) in [6.45, 7) is 6.96. The third kappa shape index (κ3) is 3.64. The lowest BCUT2D eigenvalue weighted by molar-refractivity contribution is -0.113. The summed E-state index contributed by atoms with van der Waals surface area (Å²) in [5, 5.41) is 0. The van der Waals surface area contributed by atoms with E-state index in [1.807, 2.05) is 0 Å². The SMILES string of the molecule is C[Si](C)(C)C#CC12CC(C#Cc3ccc(-c4ccc(I)cc4)cc3)(C1)C2. The van der Waals surface area contributed by atoms with Gasteiger partial charge < -0.3 is 0 Å². The quantitative estimate of drug-likeness (QED) is 0.261. The van der Waals surface area contributed by atoms with Gasteiger partial charge in [0.1, 0.15) is 8.07 Å². The first-order chi connectivity index (χ1) is 12.3. The maximum absolute atomic E-state index is 3.60. The highest BCUT2D eigenvalue weighted by Crippen LogP contribution is 2.72. The zero-order valence-corrected chi connectivity index (χ0v) is 18.8. The van der Waals surface area contributed by atoms with Crippen molar-refractivity contribution in [3.63, 3.8) is 0 Å². The molecule has 5 rings (SSSR count). The van der Waals surface area contributed by atoms with Gasteiger partial charge in [0.15, 0.2) is 0 Å². The van der Waals surface area contributed by atoms with Gasteiger partial charge in [0.05, 0.1) is 0 Å². The molecule has 0 amide bonds. The molecule has 0 spiro atoms. The molecular weight excluding hydrogens is 443 g/mol. The van der Waals surface area contributed by atoms with Gasteiger partial charge in [0.2, 0.25) is 0 Å². The van der Waals surface area contributed by atoms with Crippen molar-refractivity contribution in [1.29, 1.82) is 0 Å². The van der Waals surface area contributed by atoms with Crippen molar-refractivity contribution in [2.24, 2.45) is 10.8 Å². The van der Waals surface area contributed by atoms with Gasteiger partial charge in [-0.25, -0.2) is 0 Å². The van der Waals surface area contributed by atoms with Gasteiger partial charge >= 0.3 is 0 Å². The molecule has 2 bridgehead atoms. The van der Waals surface area contributed by atoms with Gasteiger partial charge in [0, 0.05) is 20.0 Å². The van der Waals surface area contributed by atoms with Crippen molar-refractivity contribution < 1.29 is 0 Å². The second-order valence-corrected chi connectivity index (χ2v) is 14.9. The fourth-order valence-electron chi connectivity index (χ4n) is 3.97. The molecule has 3 saturated carbocycles. The van der Waals surface area contributed by atoms with E-state index in [4.69, 9.17) is 0 Å². The lowest BCUT2D eigenvalue weighted by Crippen LogP contribution is -2.60. The highest BCUT2D eigenvalue weighted by atomic mass is 127. The molecule has 0 aromatic heterocycles. The Balaban J connectivity index is 1.41. The van der Waals surface area contributed by atoms with Gasteiger partial charge in [-0.2, -0.15) is 0 Å². The molecule has 130 valence electrons. The van der Waals surface area contributed by atoms with E-state index in [1.54, 1.807) is 0 Å². The first kappa shape index (κ1) is 17.9. The number of halogens is 1. The molecule has 0 atom stereocenters. The van der Waals surface area contributed by atoms with Crippen LogP contribution in [0.15, 0.2) is 48.5 Å². The molecule has 3 fully saturated rings. The van der Waals surface area contributed by atoms with Crippen molar-refractivity contribution >= 4 is 30.7 Å². The number of rotatable bonds is 1. The summed E-state index contributed by atoms with van der Waals surface area (Å²) in [5.41, 5.74) is 7.77. The summed E-state index contributed by atoms with van der Waals surface area (Å²) >= 11 is 2.34. The van der Waals surface area contributed by atoms with E-state index >= 15 is 0 Å². The summed E-state index contributed by atoms with van der Waals surface area (Å²) in [6.07, 6.45) is 3.56. The Hall–Kier alpha value is -1.49. The highest BCUT2D eigenvalue weighted by molar-refractivity contribution is 14.1. The molecule has 3 aliphatic carbocycles. The van der Waals surface area contributed by atoms with Gasteiger partial charge in [-0.3, -0.25) is 0 Å². The minimum atomic E-state index is -1.25. The maximum atomic E-state index is 3.60. The molecule has 0 saturated heterocycles. The van der Waals surface area contributed by atoms with Crippen molar-refractivity contribution in [1.82, 2.24) is 0 Å². The minimum absolute atomic E-state index is 0.267. The van der Waals surface area contributed by atoms with E-state index in [-0.39, 0.29) is 5.41 Å². The Labute approximate surface area is 171 Å². The first-order valence-electron chi connectivity index (χ1n) is 9.20. The summed E-state index contributed by atoms with van der Waals surface area (Å²) in [7, 11) is -1.25. The Kier molecular flexibility index (Phi) is 4.33. The average molecular weight is 466 g/mol. The van der Waals surface area contributed by atoms with Crippen molar-refractivity contribution in [2.75, 3.05) is 0 Å². The largest absolute Gasteiger partial charge is 0.131 e. The molecule has 3 aliphatic rings. The molecule has 0 nitrogen and oxygen atoms in total. The predicted molar refractivity (Wildman–Crippen MR) is 121 cm³/mol. The first-order valence-corrected chi connectivity index (χ1v) is 13.8. The standard InChI is InChI=1S/C24H23ISi/c1-26(2,3)15-14-24-16-23(17-24,18-24)13-12-19-4-6-20(7-5-19)21-8-10-22(25)11-9-21/h4-11H,16-18H2,1-3H3. The van der Waals surface area contributed by atoms with Crippen molar-refractivity contribution in [3.8, 4) is 34.4 Å². The average Bonchev–Trinajstić information content (AvgIpc) is 2.52. The van der Waals surface area contributed by atoms with E-state index in [0.29, 0.717) is 5.41 Å². The molecule has 2 aromatic rings. The molecule has 0 heterocycles. The van der Waals surface area contributed by atoms with E-state index < -0.39 is 8.07 Å². The van der Waals surface area contributed by atoms with Crippen LogP contribution in [0.4, 0.5) is 0 Å². The third-order valence-corrected chi connectivity index (χ3v) is 6.86. The van der Waals surface area contributed by atoms with Crippen LogP contribution in [0.2, 0.25) is 19.6 Å². The monoisotopic (exact) mass is 466 g/mol. The van der Waals surface area contributed by atoms with Crippen LogP contribution in [0, 0.1) is 37.7 Å². The fraction of sp³-hybridized carbons (Fsp3) is 0.333. The summed E-state index contributed by atoms with van der Waals surface area (Å²) in [4.78, 5) is 0. The lowest BCUT2D eigenvalue weighted by Gasteiger charge is -2.66. The Morgan fingerprint density at radius 3 is 1.81 bits per heavy atom. The van der Waals surface area contributed by atoms with Gasteiger partial charge in [-0.05, 0) is 77.2 Å². The van der Waals surface area contributed by atoms with Crippen LogP contribution in [-0.4, -0.2) is 8.07 Å². The minimum Gasteiger partial charge on any atom is -0.131 e. The van der Waals surface area contributed by atoms with Crippen LogP contribution in [0.3, 0.4) is 0 Å². The summed E-state index contributed by atoms with van der Waals surface area (Å²) in [5.74, 6) is 10.6. The Morgan fingerprint density at radius 2 is 1.27 bits per heavy atom. The van der Waals surface area contributed by atoms with Crippen LogP contribution in [0.5, 0.6) is 0 Å². The second-order valence-electron chi connectivity index (χ2n) is 8.93. The smallest absolute Gasteiger partial charge is 0.129 e. The van der Waals surface area contributed by atoms with E-state index in [2.05, 4.69) is 114 Å². The zero-order chi connectivity index (χ0) is 18.4. The zero-order valence-electron chi connectivity index (χ0n) is 15.6. The molecule has 0 N–H and O–H groups in total. The van der Waals surface area contributed by atoms with E-state index in [1.165, 1.54) is 34.0 Å².